The Labute approximate surface area is 175 Å². The number of carbonyl (C=O) groups is 1. The standard InChI is InChI=1S/C20H17Cl2FN4O2/c21-14-5-16-18(28)25-6-12(27(16)17(14)22)3-11-1-2-15(23)13(4-11)19(29)26-9-20(10-26)7-24-8-20/h1-2,4-6,24H,3,7-10H2,(H,25,28). The molecule has 0 radical (unpaired) electrons. The summed E-state index contributed by atoms with van der Waals surface area (Å²) in [5.74, 6) is -0.837. The molecule has 3 aromatic rings. The predicted molar refractivity (Wildman–Crippen MR) is 108 cm³/mol. The van der Waals surface area contributed by atoms with Gasteiger partial charge < -0.3 is 15.2 Å². The van der Waals surface area contributed by atoms with E-state index in [1.807, 2.05) is 0 Å². The van der Waals surface area contributed by atoms with E-state index in [1.54, 1.807) is 27.6 Å². The van der Waals surface area contributed by atoms with Crippen LogP contribution in [0.3, 0.4) is 0 Å². The highest BCUT2D eigenvalue weighted by molar-refractivity contribution is 6.42. The summed E-state index contributed by atoms with van der Waals surface area (Å²) in [6.07, 6.45) is 1.89. The van der Waals surface area contributed by atoms with Crippen molar-refractivity contribution < 1.29 is 9.18 Å². The number of halogens is 3. The number of nitrogens with zero attached hydrogens (tertiary/aromatic N) is 2. The molecule has 0 bridgehead atoms. The molecule has 150 valence electrons. The number of carbonyl (C=O) groups excluding carboxylic acids is 1. The molecule has 1 aromatic carbocycles. The lowest BCUT2D eigenvalue weighted by molar-refractivity contribution is -0.0250. The molecule has 2 saturated heterocycles. The number of aromatic amines is 1. The van der Waals surface area contributed by atoms with E-state index in [2.05, 4.69) is 10.3 Å². The van der Waals surface area contributed by atoms with E-state index >= 15 is 0 Å². The third kappa shape index (κ3) is 2.96. The monoisotopic (exact) mass is 434 g/mol. The minimum absolute atomic E-state index is 0.0573. The molecule has 9 heteroatoms. The largest absolute Gasteiger partial charge is 0.337 e. The summed E-state index contributed by atoms with van der Waals surface area (Å²) in [5.41, 5.74) is 1.65. The van der Waals surface area contributed by atoms with Crippen molar-refractivity contribution in [3.8, 4) is 0 Å². The summed E-state index contributed by atoms with van der Waals surface area (Å²) < 4.78 is 16.0. The van der Waals surface area contributed by atoms with Gasteiger partial charge in [0.1, 0.15) is 16.5 Å². The fourth-order valence-corrected chi connectivity index (χ4v) is 4.60. The Kier molecular flexibility index (Phi) is 4.24. The maximum Gasteiger partial charge on any atom is 0.272 e. The van der Waals surface area contributed by atoms with Crippen molar-refractivity contribution in [2.75, 3.05) is 26.2 Å². The Morgan fingerprint density at radius 3 is 2.66 bits per heavy atom. The van der Waals surface area contributed by atoms with Gasteiger partial charge in [0.15, 0.2) is 0 Å². The van der Waals surface area contributed by atoms with Gasteiger partial charge in [-0.3, -0.25) is 14.0 Å². The molecule has 4 heterocycles. The maximum atomic E-state index is 14.4. The van der Waals surface area contributed by atoms with Crippen molar-refractivity contribution in [2.24, 2.45) is 5.41 Å². The minimum Gasteiger partial charge on any atom is -0.337 e. The lowest BCUT2D eigenvalue weighted by Crippen LogP contribution is -2.71. The maximum absolute atomic E-state index is 14.4. The summed E-state index contributed by atoms with van der Waals surface area (Å²) in [7, 11) is 0. The fourth-order valence-electron chi connectivity index (χ4n) is 4.16. The summed E-state index contributed by atoms with van der Waals surface area (Å²) in [6, 6.07) is 5.99. The second-order valence-corrected chi connectivity index (χ2v) is 8.63. The number of fused-ring (bicyclic) bond motifs is 1. The van der Waals surface area contributed by atoms with Crippen LogP contribution >= 0.6 is 23.2 Å². The molecule has 0 atom stereocenters. The average Bonchev–Trinajstić information content (AvgIpc) is 2.93. The number of H-pyrrole nitrogens is 1. The molecule has 5 rings (SSSR count). The first-order chi connectivity index (χ1) is 13.9. The molecule has 0 aliphatic carbocycles. The number of aromatic nitrogens is 2. The van der Waals surface area contributed by atoms with Gasteiger partial charge in [0, 0.05) is 49.9 Å². The van der Waals surface area contributed by atoms with Crippen molar-refractivity contribution in [1.29, 1.82) is 0 Å². The smallest absolute Gasteiger partial charge is 0.272 e. The number of benzene rings is 1. The lowest BCUT2D eigenvalue weighted by atomic mass is 9.74. The normalized spacial score (nSPS) is 17.4. The van der Waals surface area contributed by atoms with E-state index in [0.29, 0.717) is 30.7 Å². The summed E-state index contributed by atoms with van der Waals surface area (Å²) in [4.78, 5) is 29.2. The number of nitrogens with one attached hydrogen (secondary N) is 2. The SMILES string of the molecule is O=C(c1cc(Cc2c[nH]c(=O)c3cc(Cl)c(Cl)n23)ccc1F)N1CC2(CNC2)C1. The molecule has 0 saturated carbocycles. The average molecular weight is 435 g/mol. The van der Waals surface area contributed by atoms with Gasteiger partial charge in [-0.05, 0) is 23.8 Å². The van der Waals surface area contributed by atoms with Crippen LogP contribution in [-0.4, -0.2) is 46.4 Å². The van der Waals surface area contributed by atoms with Gasteiger partial charge in [-0.2, -0.15) is 0 Å². The Hall–Kier alpha value is -2.35. The van der Waals surface area contributed by atoms with E-state index in [9.17, 15) is 14.0 Å². The van der Waals surface area contributed by atoms with Gasteiger partial charge >= 0.3 is 0 Å². The quantitative estimate of drug-likeness (QED) is 0.665. The molecule has 2 aliphatic rings. The Bertz CT molecular complexity index is 1210. The molecule has 2 N–H and O–H groups in total. The van der Waals surface area contributed by atoms with Gasteiger partial charge in [-0.15, -0.1) is 0 Å². The number of likely N-dealkylation sites (tertiary alicyclic amines) is 1. The highest BCUT2D eigenvalue weighted by atomic mass is 35.5. The number of hydrogen-bond acceptors (Lipinski definition) is 3. The number of amides is 1. The predicted octanol–water partition coefficient (Wildman–Crippen LogP) is 2.71. The first kappa shape index (κ1) is 18.7. The van der Waals surface area contributed by atoms with E-state index < -0.39 is 5.82 Å². The van der Waals surface area contributed by atoms with Crippen molar-refractivity contribution in [2.45, 2.75) is 6.42 Å². The molecule has 2 aliphatic heterocycles. The van der Waals surface area contributed by atoms with E-state index in [0.717, 1.165) is 18.7 Å². The van der Waals surface area contributed by atoms with Crippen LogP contribution < -0.4 is 10.9 Å². The van der Waals surface area contributed by atoms with E-state index in [-0.39, 0.29) is 32.6 Å². The van der Waals surface area contributed by atoms with Crippen molar-refractivity contribution in [1.82, 2.24) is 19.6 Å². The van der Waals surface area contributed by atoms with Crippen LogP contribution in [0.4, 0.5) is 4.39 Å². The summed E-state index contributed by atoms with van der Waals surface area (Å²) >= 11 is 12.3. The zero-order valence-electron chi connectivity index (χ0n) is 15.3. The molecule has 6 nitrogen and oxygen atoms in total. The van der Waals surface area contributed by atoms with Crippen LogP contribution in [0, 0.1) is 11.2 Å². The van der Waals surface area contributed by atoms with Crippen LogP contribution in [0.2, 0.25) is 10.2 Å². The molecule has 1 amide bonds. The summed E-state index contributed by atoms with van der Waals surface area (Å²) in [5, 5.41) is 3.73. The third-order valence-corrected chi connectivity index (χ3v) is 6.53. The first-order valence-electron chi connectivity index (χ1n) is 9.22. The lowest BCUT2D eigenvalue weighted by Gasteiger charge is -2.56. The molecule has 0 unspecified atom stereocenters. The highest BCUT2D eigenvalue weighted by Crippen LogP contribution is 2.35. The van der Waals surface area contributed by atoms with Crippen LogP contribution in [0.5, 0.6) is 0 Å². The van der Waals surface area contributed by atoms with Crippen molar-refractivity contribution in [3.05, 3.63) is 73.6 Å². The van der Waals surface area contributed by atoms with Gasteiger partial charge in [-0.1, -0.05) is 29.3 Å². The van der Waals surface area contributed by atoms with Crippen molar-refractivity contribution in [3.63, 3.8) is 0 Å². The Morgan fingerprint density at radius 1 is 1.21 bits per heavy atom. The van der Waals surface area contributed by atoms with Crippen LogP contribution in [-0.2, 0) is 6.42 Å². The molecular formula is C20H17Cl2FN4O2. The van der Waals surface area contributed by atoms with Gasteiger partial charge in [0.2, 0.25) is 0 Å². The van der Waals surface area contributed by atoms with E-state index in [4.69, 9.17) is 23.2 Å². The highest BCUT2D eigenvalue weighted by Gasteiger charge is 2.49. The molecule has 1 spiro atoms. The topological polar surface area (TPSA) is 69.6 Å². The molecule has 2 fully saturated rings. The fraction of sp³-hybridized carbons (Fsp3) is 0.300. The Morgan fingerprint density at radius 2 is 1.97 bits per heavy atom. The molecule has 2 aromatic heterocycles. The number of hydrogen-bond donors (Lipinski definition) is 2. The minimum atomic E-state index is -0.542. The first-order valence-corrected chi connectivity index (χ1v) is 9.98. The third-order valence-electron chi connectivity index (χ3n) is 5.77. The van der Waals surface area contributed by atoms with E-state index in [1.165, 1.54) is 12.1 Å². The van der Waals surface area contributed by atoms with Crippen molar-refractivity contribution >= 4 is 34.6 Å². The number of rotatable bonds is 3. The van der Waals surface area contributed by atoms with Crippen LogP contribution in [0.25, 0.3) is 5.52 Å². The molecule has 29 heavy (non-hydrogen) atoms. The summed E-state index contributed by atoms with van der Waals surface area (Å²) in [6.45, 7) is 3.12. The zero-order valence-corrected chi connectivity index (χ0v) is 16.8. The van der Waals surface area contributed by atoms with Crippen LogP contribution in [0.15, 0.2) is 35.3 Å². The van der Waals surface area contributed by atoms with Gasteiger partial charge in [0.05, 0.1) is 10.6 Å². The van der Waals surface area contributed by atoms with Crippen LogP contribution in [0.1, 0.15) is 21.6 Å². The second kappa shape index (κ2) is 6.58. The van der Waals surface area contributed by atoms with Gasteiger partial charge in [0.25, 0.3) is 11.5 Å². The second-order valence-electron chi connectivity index (χ2n) is 7.87. The zero-order chi connectivity index (χ0) is 20.3. The van der Waals surface area contributed by atoms with Gasteiger partial charge in [-0.25, -0.2) is 4.39 Å². The molecular weight excluding hydrogens is 418 g/mol. The Balaban J connectivity index is 1.45.